The van der Waals surface area contributed by atoms with Crippen molar-refractivity contribution < 1.29 is 29.0 Å². The fourth-order valence-corrected chi connectivity index (χ4v) is 3.46. The van der Waals surface area contributed by atoms with Gasteiger partial charge in [-0.3, -0.25) is 14.4 Å². The van der Waals surface area contributed by atoms with Crippen LogP contribution in [0.1, 0.15) is 67.3 Å². The second-order valence-electron chi connectivity index (χ2n) is 7.53. The van der Waals surface area contributed by atoms with Crippen molar-refractivity contribution in [2.45, 2.75) is 51.1 Å². The SMILES string of the molecule is CCC(NC(=O)CCC(=O)O)c1nc2cc(C(=O)N(C)C(=O)OC)ccc2n1C1CC1. The van der Waals surface area contributed by atoms with Gasteiger partial charge in [-0.1, -0.05) is 6.92 Å². The van der Waals surface area contributed by atoms with E-state index in [9.17, 15) is 19.2 Å². The van der Waals surface area contributed by atoms with Gasteiger partial charge in [0.05, 0.1) is 30.6 Å². The number of imidazole rings is 1. The Hall–Kier alpha value is -3.43. The molecule has 1 heterocycles. The first-order valence-corrected chi connectivity index (χ1v) is 10.2. The first-order valence-electron chi connectivity index (χ1n) is 10.2. The number of carbonyl (C=O) groups is 4. The van der Waals surface area contributed by atoms with Crippen molar-refractivity contribution >= 4 is 34.9 Å². The predicted octanol–water partition coefficient (Wildman–Crippen LogP) is 2.64. The summed E-state index contributed by atoms with van der Waals surface area (Å²) in [5, 5.41) is 11.7. The van der Waals surface area contributed by atoms with Crippen LogP contribution in [0.3, 0.4) is 0 Å². The van der Waals surface area contributed by atoms with Gasteiger partial charge in [0.15, 0.2) is 0 Å². The van der Waals surface area contributed by atoms with Crippen molar-refractivity contribution in [3.05, 3.63) is 29.6 Å². The van der Waals surface area contributed by atoms with E-state index >= 15 is 0 Å². The summed E-state index contributed by atoms with van der Waals surface area (Å²) in [5.41, 5.74) is 1.73. The van der Waals surface area contributed by atoms with E-state index in [4.69, 9.17) is 10.1 Å². The third kappa shape index (κ3) is 4.84. The molecule has 1 saturated carbocycles. The van der Waals surface area contributed by atoms with Crippen LogP contribution in [0.25, 0.3) is 11.0 Å². The summed E-state index contributed by atoms with van der Waals surface area (Å²) in [5.74, 6) is -1.21. The number of rotatable bonds is 8. The zero-order chi connectivity index (χ0) is 22.7. The first-order chi connectivity index (χ1) is 14.8. The van der Waals surface area contributed by atoms with E-state index in [1.165, 1.54) is 14.2 Å². The molecule has 10 nitrogen and oxygen atoms in total. The van der Waals surface area contributed by atoms with Crippen molar-refractivity contribution in [1.29, 1.82) is 0 Å². The number of hydrogen-bond acceptors (Lipinski definition) is 6. The Balaban J connectivity index is 1.93. The molecule has 0 aliphatic heterocycles. The average Bonchev–Trinajstić information content (AvgIpc) is 3.53. The molecule has 3 amide bonds. The number of methoxy groups -OCH3 is 1. The maximum absolute atomic E-state index is 12.6. The van der Waals surface area contributed by atoms with Gasteiger partial charge in [-0.25, -0.2) is 14.7 Å². The molecule has 1 aliphatic carbocycles. The van der Waals surface area contributed by atoms with Gasteiger partial charge < -0.3 is 19.7 Å². The molecule has 1 aromatic carbocycles. The van der Waals surface area contributed by atoms with Crippen LogP contribution in [-0.2, 0) is 14.3 Å². The zero-order valence-corrected chi connectivity index (χ0v) is 17.8. The van der Waals surface area contributed by atoms with Gasteiger partial charge in [-0.2, -0.15) is 0 Å². The lowest BCUT2D eigenvalue weighted by atomic mass is 10.1. The molecule has 1 atom stereocenters. The maximum Gasteiger partial charge on any atom is 0.416 e. The first kappa shape index (κ1) is 22.3. The summed E-state index contributed by atoms with van der Waals surface area (Å²) < 4.78 is 6.67. The van der Waals surface area contributed by atoms with E-state index in [-0.39, 0.29) is 30.8 Å². The number of amides is 3. The number of aliphatic carboxylic acids is 1. The fourth-order valence-electron chi connectivity index (χ4n) is 3.46. The van der Waals surface area contributed by atoms with Crippen LogP contribution in [0, 0.1) is 0 Å². The Morgan fingerprint density at radius 1 is 1.29 bits per heavy atom. The Kier molecular flexibility index (Phi) is 6.57. The van der Waals surface area contributed by atoms with E-state index in [1.807, 2.05) is 6.92 Å². The molecule has 1 aliphatic rings. The Morgan fingerprint density at radius 2 is 2.00 bits per heavy atom. The molecule has 1 aromatic heterocycles. The van der Waals surface area contributed by atoms with Crippen LogP contribution in [0.2, 0.25) is 0 Å². The molecule has 3 rings (SSSR count). The topological polar surface area (TPSA) is 131 Å². The standard InChI is InChI=1S/C21H26N4O6/c1-4-14(22-17(26)9-10-18(27)28)19-23-15-11-12(20(29)24(2)21(30)31-3)5-8-16(15)25(19)13-6-7-13/h5,8,11,13-14H,4,6-7,9-10H2,1-3H3,(H,22,26)(H,27,28). The molecule has 2 aromatic rings. The highest BCUT2D eigenvalue weighted by molar-refractivity contribution is 6.04. The van der Waals surface area contributed by atoms with Crippen molar-refractivity contribution in [2.75, 3.05) is 14.2 Å². The highest BCUT2D eigenvalue weighted by atomic mass is 16.5. The minimum absolute atomic E-state index is 0.103. The molecule has 10 heteroatoms. The minimum atomic E-state index is -1.03. The van der Waals surface area contributed by atoms with Gasteiger partial charge in [-0.15, -0.1) is 0 Å². The Labute approximate surface area is 179 Å². The number of aromatic nitrogens is 2. The number of benzene rings is 1. The molecule has 0 bridgehead atoms. The van der Waals surface area contributed by atoms with Gasteiger partial charge in [-0.05, 0) is 37.5 Å². The number of carboxylic acids is 1. The normalized spacial score (nSPS) is 14.2. The van der Waals surface area contributed by atoms with Crippen molar-refractivity contribution in [1.82, 2.24) is 19.8 Å². The number of fused-ring (bicyclic) bond motifs is 1. The number of hydrogen-bond donors (Lipinski definition) is 2. The summed E-state index contributed by atoms with van der Waals surface area (Å²) in [6.07, 6.45) is 1.46. The average molecular weight is 430 g/mol. The Bertz CT molecular complexity index is 1030. The van der Waals surface area contributed by atoms with Crippen molar-refractivity contribution in [2.24, 2.45) is 0 Å². The number of imide groups is 1. The summed E-state index contributed by atoms with van der Waals surface area (Å²) in [7, 11) is 2.54. The molecular weight excluding hydrogens is 404 g/mol. The molecule has 1 fully saturated rings. The quantitative estimate of drug-likeness (QED) is 0.658. The van der Waals surface area contributed by atoms with Crippen molar-refractivity contribution in [3.63, 3.8) is 0 Å². The lowest BCUT2D eigenvalue weighted by Crippen LogP contribution is -2.32. The minimum Gasteiger partial charge on any atom is -0.481 e. The molecular formula is C21H26N4O6. The molecule has 0 radical (unpaired) electrons. The van der Waals surface area contributed by atoms with E-state index < -0.39 is 18.0 Å². The number of ether oxygens (including phenoxy) is 1. The molecule has 1 unspecified atom stereocenters. The molecule has 31 heavy (non-hydrogen) atoms. The van der Waals surface area contributed by atoms with Crippen LogP contribution < -0.4 is 5.32 Å². The van der Waals surface area contributed by atoms with Crippen LogP contribution in [-0.4, -0.2) is 57.6 Å². The summed E-state index contributed by atoms with van der Waals surface area (Å²) in [4.78, 5) is 52.8. The number of carboxylic acid groups (broad SMARTS) is 1. The van der Waals surface area contributed by atoms with Crippen LogP contribution >= 0.6 is 0 Å². The summed E-state index contributed by atoms with van der Waals surface area (Å²) >= 11 is 0. The zero-order valence-electron chi connectivity index (χ0n) is 17.8. The number of nitrogens with zero attached hydrogens (tertiary/aromatic N) is 3. The lowest BCUT2D eigenvalue weighted by molar-refractivity contribution is -0.138. The highest BCUT2D eigenvalue weighted by Gasteiger charge is 2.31. The van der Waals surface area contributed by atoms with Crippen molar-refractivity contribution in [3.8, 4) is 0 Å². The highest BCUT2D eigenvalue weighted by Crippen LogP contribution is 2.40. The third-order valence-electron chi connectivity index (χ3n) is 5.25. The number of nitrogens with one attached hydrogen (secondary N) is 1. The van der Waals surface area contributed by atoms with Gasteiger partial charge in [0.2, 0.25) is 5.91 Å². The van der Waals surface area contributed by atoms with Gasteiger partial charge in [0.25, 0.3) is 5.91 Å². The van der Waals surface area contributed by atoms with Gasteiger partial charge in [0, 0.05) is 25.1 Å². The van der Waals surface area contributed by atoms with Gasteiger partial charge >= 0.3 is 12.1 Å². The smallest absolute Gasteiger partial charge is 0.416 e. The molecule has 0 saturated heterocycles. The third-order valence-corrected chi connectivity index (χ3v) is 5.25. The molecule has 2 N–H and O–H groups in total. The monoisotopic (exact) mass is 430 g/mol. The van der Waals surface area contributed by atoms with Crippen LogP contribution in [0.5, 0.6) is 0 Å². The molecule has 0 spiro atoms. The van der Waals surface area contributed by atoms with E-state index in [2.05, 4.69) is 14.6 Å². The molecule has 166 valence electrons. The largest absolute Gasteiger partial charge is 0.481 e. The summed E-state index contributed by atoms with van der Waals surface area (Å²) in [6, 6.07) is 4.94. The van der Waals surface area contributed by atoms with E-state index in [0.29, 0.717) is 23.3 Å². The maximum atomic E-state index is 12.6. The number of carbonyl (C=O) groups excluding carboxylic acids is 3. The fraction of sp³-hybridized carbons (Fsp3) is 0.476. The second kappa shape index (κ2) is 9.15. The predicted molar refractivity (Wildman–Crippen MR) is 111 cm³/mol. The van der Waals surface area contributed by atoms with Crippen LogP contribution in [0.15, 0.2) is 18.2 Å². The second-order valence-corrected chi connectivity index (χ2v) is 7.53. The van der Waals surface area contributed by atoms with Crippen LogP contribution in [0.4, 0.5) is 4.79 Å². The van der Waals surface area contributed by atoms with E-state index in [1.54, 1.807) is 18.2 Å². The Morgan fingerprint density at radius 3 is 2.58 bits per heavy atom. The summed E-state index contributed by atoms with van der Waals surface area (Å²) in [6.45, 7) is 1.92. The van der Waals surface area contributed by atoms with Gasteiger partial charge in [0.1, 0.15) is 5.82 Å². The van der Waals surface area contributed by atoms with E-state index in [0.717, 1.165) is 23.3 Å². The lowest BCUT2D eigenvalue weighted by Gasteiger charge is -2.18.